The lowest BCUT2D eigenvalue weighted by molar-refractivity contribution is 0.0539. The standard InChI is InChI=1S/C24H25FN6O2/c1-15-5-7-18(20(12-15)31-27-9-10-28-31)23(32)30-11-3-4-16(2)21(30)14-26-24-29-19-8-6-17(25)13-22(19)33-24/h5-10,12-13,16,21H,3-4,11,14H2,1-2H3,(H,26,29)/t16-,21-/m1/s1. The molecule has 9 heteroatoms. The Kier molecular flexibility index (Phi) is 5.53. The molecular formula is C24H25FN6O2. The summed E-state index contributed by atoms with van der Waals surface area (Å²) in [5.41, 5.74) is 3.22. The van der Waals surface area contributed by atoms with Crippen LogP contribution in [0.1, 0.15) is 35.7 Å². The van der Waals surface area contributed by atoms with Crippen molar-refractivity contribution in [1.29, 1.82) is 0 Å². The zero-order valence-electron chi connectivity index (χ0n) is 18.5. The monoisotopic (exact) mass is 448 g/mol. The Morgan fingerprint density at radius 3 is 2.85 bits per heavy atom. The summed E-state index contributed by atoms with van der Waals surface area (Å²) < 4.78 is 19.1. The number of nitrogens with one attached hydrogen (secondary N) is 1. The summed E-state index contributed by atoms with van der Waals surface area (Å²) in [7, 11) is 0. The average Bonchev–Trinajstić information content (AvgIpc) is 3.47. The molecule has 2 aromatic carbocycles. The van der Waals surface area contributed by atoms with Crippen molar-refractivity contribution in [3.63, 3.8) is 0 Å². The maximum atomic E-state index is 13.7. The summed E-state index contributed by atoms with van der Waals surface area (Å²) in [6, 6.07) is 10.2. The highest BCUT2D eigenvalue weighted by Gasteiger charge is 2.33. The zero-order valence-corrected chi connectivity index (χ0v) is 18.5. The average molecular weight is 449 g/mol. The lowest BCUT2D eigenvalue weighted by Gasteiger charge is -2.40. The highest BCUT2D eigenvalue weighted by atomic mass is 19.1. The minimum Gasteiger partial charge on any atom is -0.423 e. The van der Waals surface area contributed by atoms with Gasteiger partial charge in [-0.1, -0.05) is 13.0 Å². The van der Waals surface area contributed by atoms with Crippen LogP contribution in [0.5, 0.6) is 0 Å². The SMILES string of the molecule is Cc1ccc(C(=O)N2CCC[C@@H](C)[C@H]2CNc2nc3ccc(F)cc3o2)c(-n2nccn2)c1. The van der Waals surface area contributed by atoms with Crippen molar-refractivity contribution >= 4 is 23.0 Å². The van der Waals surface area contributed by atoms with Crippen molar-refractivity contribution in [2.24, 2.45) is 5.92 Å². The fraction of sp³-hybridized carbons (Fsp3) is 0.333. The molecule has 0 radical (unpaired) electrons. The van der Waals surface area contributed by atoms with Crippen LogP contribution >= 0.6 is 0 Å². The first-order valence-corrected chi connectivity index (χ1v) is 11.1. The predicted octanol–water partition coefficient (Wildman–Crippen LogP) is 4.21. The van der Waals surface area contributed by atoms with E-state index in [2.05, 4.69) is 27.4 Å². The maximum Gasteiger partial charge on any atom is 0.295 e. The molecule has 5 rings (SSSR count). The van der Waals surface area contributed by atoms with E-state index in [1.807, 2.05) is 30.0 Å². The van der Waals surface area contributed by atoms with E-state index in [1.165, 1.54) is 16.9 Å². The van der Waals surface area contributed by atoms with E-state index in [1.54, 1.807) is 18.5 Å². The van der Waals surface area contributed by atoms with Crippen molar-refractivity contribution in [1.82, 2.24) is 24.9 Å². The molecule has 1 N–H and O–H groups in total. The van der Waals surface area contributed by atoms with Gasteiger partial charge < -0.3 is 14.6 Å². The number of amides is 1. The second-order valence-corrected chi connectivity index (χ2v) is 8.54. The Labute approximate surface area is 190 Å². The van der Waals surface area contributed by atoms with E-state index in [4.69, 9.17) is 4.42 Å². The second-order valence-electron chi connectivity index (χ2n) is 8.54. The molecule has 8 nitrogen and oxygen atoms in total. The van der Waals surface area contributed by atoms with E-state index in [0.717, 1.165) is 18.4 Å². The van der Waals surface area contributed by atoms with Crippen LogP contribution in [0.25, 0.3) is 16.8 Å². The number of aryl methyl sites for hydroxylation is 1. The van der Waals surface area contributed by atoms with Gasteiger partial charge in [-0.2, -0.15) is 20.0 Å². The van der Waals surface area contributed by atoms with Crippen LogP contribution in [0, 0.1) is 18.7 Å². The Bertz CT molecular complexity index is 1290. The summed E-state index contributed by atoms with van der Waals surface area (Å²) in [6.45, 7) is 5.26. The minimum absolute atomic E-state index is 0.0553. The van der Waals surface area contributed by atoms with E-state index in [0.29, 0.717) is 41.5 Å². The number of rotatable bonds is 5. The van der Waals surface area contributed by atoms with Gasteiger partial charge in [0.1, 0.15) is 11.3 Å². The molecule has 1 fully saturated rings. The molecule has 2 atom stereocenters. The number of carbonyl (C=O) groups excluding carboxylic acids is 1. The Balaban J connectivity index is 1.40. The number of benzene rings is 2. The van der Waals surface area contributed by atoms with E-state index in [-0.39, 0.29) is 23.7 Å². The number of hydrogen-bond acceptors (Lipinski definition) is 6. The number of fused-ring (bicyclic) bond motifs is 1. The number of hydrogen-bond donors (Lipinski definition) is 1. The van der Waals surface area contributed by atoms with Gasteiger partial charge in [-0.3, -0.25) is 4.79 Å². The quantitative estimate of drug-likeness (QED) is 0.492. The van der Waals surface area contributed by atoms with Crippen LogP contribution in [0.15, 0.2) is 53.2 Å². The molecule has 0 saturated carbocycles. The van der Waals surface area contributed by atoms with Gasteiger partial charge in [0.25, 0.3) is 11.9 Å². The number of oxazole rings is 1. The molecule has 2 aromatic heterocycles. The first kappa shape index (κ1) is 21.1. The van der Waals surface area contributed by atoms with E-state index >= 15 is 0 Å². The third-order valence-electron chi connectivity index (χ3n) is 6.21. The largest absolute Gasteiger partial charge is 0.423 e. The molecule has 3 heterocycles. The number of carbonyl (C=O) groups is 1. The van der Waals surface area contributed by atoms with Crippen LogP contribution in [-0.2, 0) is 0 Å². The third kappa shape index (κ3) is 4.18. The van der Waals surface area contributed by atoms with Crippen molar-refractivity contribution < 1.29 is 13.6 Å². The van der Waals surface area contributed by atoms with Gasteiger partial charge in [0.15, 0.2) is 5.58 Å². The zero-order chi connectivity index (χ0) is 22.9. The smallest absolute Gasteiger partial charge is 0.295 e. The molecule has 0 aliphatic carbocycles. The van der Waals surface area contributed by atoms with Crippen LogP contribution in [0.3, 0.4) is 0 Å². The van der Waals surface area contributed by atoms with Gasteiger partial charge in [-0.15, -0.1) is 0 Å². The van der Waals surface area contributed by atoms with Crippen LogP contribution < -0.4 is 5.32 Å². The van der Waals surface area contributed by atoms with Crippen LogP contribution in [0.2, 0.25) is 0 Å². The molecule has 1 aliphatic rings. The molecule has 170 valence electrons. The lowest BCUT2D eigenvalue weighted by Crippen LogP contribution is -2.51. The van der Waals surface area contributed by atoms with Gasteiger partial charge >= 0.3 is 0 Å². The highest BCUT2D eigenvalue weighted by molar-refractivity contribution is 5.98. The number of aromatic nitrogens is 4. The highest BCUT2D eigenvalue weighted by Crippen LogP contribution is 2.28. The van der Waals surface area contributed by atoms with E-state index in [9.17, 15) is 9.18 Å². The van der Waals surface area contributed by atoms with Gasteiger partial charge in [0.05, 0.1) is 29.7 Å². The molecule has 1 saturated heterocycles. The molecule has 33 heavy (non-hydrogen) atoms. The van der Waals surface area contributed by atoms with Crippen molar-refractivity contribution in [3.8, 4) is 5.69 Å². The number of likely N-dealkylation sites (tertiary alicyclic amines) is 1. The molecular weight excluding hydrogens is 423 g/mol. The van der Waals surface area contributed by atoms with Crippen LogP contribution in [-0.4, -0.2) is 49.9 Å². The van der Waals surface area contributed by atoms with Crippen LogP contribution in [0.4, 0.5) is 10.4 Å². The fourth-order valence-corrected chi connectivity index (χ4v) is 4.46. The topological polar surface area (TPSA) is 89.1 Å². The Hall–Kier alpha value is -3.75. The van der Waals surface area contributed by atoms with Gasteiger partial charge in [-0.05, 0) is 55.5 Å². The first-order chi connectivity index (χ1) is 16.0. The normalized spacial score (nSPS) is 18.6. The number of piperidine rings is 1. The first-order valence-electron chi connectivity index (χ1n) is 11.1. The lowest BCUT2D eigenvalue weighted by atomic mass is 9.90. The Morgan fingerprint density at radius 1 is 1.21 bits per heavy atom. The molecule has 0 unspecified atom stereocenters. The van der Waals surface area contributed by atoms with Gasteiger partial charge in [-0.25, -0.2) is 4.39 Å². The molecule has 4 aromatic rings. The van der Waals surface area contributed by atoms with Crippen molar-refractivity contribution in [3.05, 3.63) is 65.7 Å². The molecule has 0 spiro atoms. The number of halogens is 1. The van der Waals surface area contributed by atoms with E-state index < -0.39 is 0 Å². The third-order valence-corrected chi connectivity index (χ3v) is 6.21. The number of nitrogens with zero attached hydrogens (tertiary/aromatic N) is 5. The summed E-state index contributed by atoms with van der Waals surface area (Å²) >= 11 is 0. The molecule has 1 amide bonds. The van der Waals surface area contributed by atoms with Crippen molar-refractivity contribution in [2.45, 2.75) is 32.7 Å². The number of anilines is 1. The summed E-state index contributed by atoms with van der Waals surface area (Å²) in [4.78, 5) is 21.5. The summed E-state index contributed by atoms with van der Waals surface area (Å²) in [5, 5.41) is 11.7. The summed E-state index contributed by atoms with van der Waals surface area (Å²) in [5.74, 6) is -0.141. The second kappa shape index (κ2) is 8.65. The fourth-order valence-electron chi connectivity index (χ4n) is 4.46. The molecule has 1 aliphatic heterocycles. The predicted molar refractivity (Wildman–Crippen MR) is 122 cm³/mol. The van der Waals surface area contributed by atoms with Crippen molar-refractivity contribution in [2.75, 3.05) is 18.4 Å². The Morgan fingerprint density at radius 2 is 2.03 bits per heavy atom. The molecule has 0 bridgehead atoms. The minimum atomic E-state index is -0.372. The van der Waals surface area contributed by atoms with Gasteiger partial charge in [0, 0.05) is 19.2 Å². The van der Waals surface area contributed by atoms with Gasteiger partial charge in [0.2, 0.25) is 0 Å². The summed E-state index contributed by atoms with van der Waals surface area (Å²) in [6.07, 6.45) is 5.15. The maximum absolute atomic E-state index is 13.7.